The number of anilines is 2. The van der Waals surface area contributed by atoms with Crippen LogP contribution in [0.3, 0.4) is 0 Å². The maximum atomic E-state index is 13.6. The first-order chi connectivity index (χ1) is 14.9. The summed E-state index contributed by atoms with van der Waals surface area (Å²) in [4.78, 5) is 15.3. The normalized spacial score (nSPS) is 13.5. The number of para-hydroxylation sites is 1. The highest BCUT2D eigenvalue weighted by Gasteiger charge is 2.31. The molecule has 0 saturated carbocycles. The second kappa shape index (κ2) is 8.55. The van der Waals surface area contributed by atoms with Gasteiger partial charge in [-0.25, -0.2) is 8.42 Å². The number of hydrogen-bond donors (Lipinski definition) is 0. The monoisotopic (exact) mass is 434 g/mol. The quantitative estimate of drug-likeness (QED) is 0.595. The fourth-order valence-electron chi connectivity index (χ4n) is 4.13. The number of carbonyl (C=O) groups excluding carboxylic acids is 1. The molecule has 0 bridgehead atoms. The van der Waals surface area contributed by atoms with Gasteiger partial charge in [-0.1, -0.05) is 42.5 Å². The van der Waals surface area contributed by atoms with Gasteiger partial charge in [0.2, 0.25) is 5.91 Å². The lowest BCUT2D eigenvalue weighted by molar-refractivity contribution is -0.117. The fourth-order valence-corrected chi connectivity index (χ4v) is 5.55. The molecular formula is C25H26N2O3S. The third kappa shape index (κ3) is 4.35. The van der Waals surface area contributed by atoms with Crippen molar-refractivity contribution in [2.75, 3.05) is 22.3 Å². The number of carbonyl (C=O) groups is 1. The summed E-state index contributed by atoms with van der Waals surface area (Å²) in [6, 6.07) is 21.7. The summed E-state index contributed by atoms with van der Waals surface area (Å²) in [5.74, 6) is -0.231. The second-order valence-corrected chi connectivity index (χ2v) is 9.81. The van der Waals surface area contributed by atoms with E-state index in [-0.39, 0.29) is 17.3 Å². The summed E-state index contributed by atoms with van der Waals surface area (Å²) >= 11 is 0. The first-order valence-electron chi connectivity index (χ1n) is 10.4. The second-order valence-electron chi connectivity index (χ2n) is 7.95. The number of sulfonamides is 1. The summed E-state index contributed by atoms with van der Waals surface area (Å²) in [6.45, 7) is 4.18. The van der Waals surface area contributed by atoms with Gasteiger partial charge in [-0.3, -0.25) is 9.10 Å². The van der Waals surface area contributed by atoms with Gasteiger partial charge >= 0.3 is 0 Å². The molecule has 5 nitrogen and oxygen atoms in total. The van der Waals surface area contributed by atoms with Crippen LogP contribution in [0.4, 0.5) is 11.4 Å². The van der Waals surface area contributed by atoms with Crippen molar-refractivity contribution in [2.45, 2.75) is 31.6 Å². The van der Waals surface area contributed by atoms with Crippen LogP contribution in [0.5, 0.6) is 0 Å². The standard InChI is InChI=1S/C25H26N2O3S/c1-19-15-20(2)17-22(16-19)27(31(29,30)23-11-4-3-5-12-23)18-25(28)26-14-8-10-21-9-6-7-13-24(21)26/h3-7,9,11-13,15-17H,8,10,14,18H2,1-2H3. The summed E-state index contributed by atoms with van der Waals surface area (Å²) < 4.78 is 28.4. The summed E-state index contributed by atoms with van der Waals surface area (Å²) in [6.07, 6.45) is 1.78. The SMILES string of the molecule is Cc1cc(C)cc(N(CC(=O)N2CCCc3ccccc32)S(=O)(=O)c2ccccc2)c1. The molecule has 31 heavy (non-hydrogen) atoms. The van der Waals surface area contributed by atoms with Gasteiger partial charge in [0.1, 0.15) is 6.54 Å². The topological polar surface area (TPSA) is 57.7 Å². The van der Waals surface area contributed by atoms with Gasteiger partial charge in [0.05, 0.1) is 10.6 Å². The molecule has 0 N–H and O–H groups in total. The zero-order chi connectivity index (χ0) is 22.0. The Morgan fingerprint density at radius 2 is 1.58 bits per heavy atom. The van der Waals surface area contributed by atoms with E-state index in [9.17, 15) is 13.2 Å². The van der Waals surface area contributed by atoms with Gasteiger partial charge in [-0.2, -0.15) is 0 Å². The van der Waals surface area contributed by atoms with Crippen molar-refractivity contribution in [3.05, 3.63) is 89.5 Å². The molecule has 3 aromatic carbocycles. The molecule has 1 amide bonds. The predicted molar refractivity (Wildman–Crippen MR) is 124 cm³/mol. The van der Waals surface area contributed by atoms with Crippen LogP contribution >= 0.6 is 0 Å². The van der Waals surface area contributed by atoms with E-state index in [0.29, 0.717) is 12.2 Å². The van der Waals surface area contributed by atoms with Gasteiger partial charge in [0.25, 0.3) is 10.0 Å². The molecule has 0 atom stereocenters. The van der Waals surface area contributed by atoms with Crippen LogP contribution in [0.15, 0.2) is 77.7 Å². The fraction of sp³-hybridized carbons (Fsp3) is 0.240. The van der Waals surface area contributed by atoms with Gasteiger partial charge in [0.15, 0.2) is 0 Å². The largest absolute Gasteiger partial charge is 0.311 e. The number of benzene rings is 3. The summed E-state index contributed by atoms with van der Waals surface area (Å²) in [5, 5.41) is 0. The Kier molecular flexibility index (Phi) is 5.83. The Labute approximate surface area is 184 Å². The van der Waals surface area contributed by atoms with E-state index in [1.807, 2.05) is 56.3 Å². The molecule has 0 aromatic heterocycles. The third-order valence-electron chi connectivity index (χ3n) is 5.52. The molecule has 1 aliphatic rings. The average Bonchev–Trinajstić information content (AvgIpc) is 2.76. The highest BCUT2D eigenvalue weighted by molar-refractivity contribution is 7.92. The van der Waals surface area contributed by atoms with Gasteiger partial charge in [-0.05, 0) is 73.7 Å². The molecule has 1 heterocycles. The molecule has 0 unspecified atom stereocenters. The number of hydrogen-bond acceptors (Lipinski definition) is 3. The van der Waals surface area contributed by atoms with E-state index in [0.717, 1.165) is 35.2 Å². The van der Waals surface area contributed by atoms with Crippen LogP contribution in [-0.2, 0) is 21.2 Å². The Bertz CT molecular complexity index is 1190. The van der Waals surface area contributed by atoms with E-state index in [1.54, 1.807) is 35.2 Å². The Morgan fingerprint density at radius 3 is 2.29 bits per heavy atom. The number of amides is 1. The zero-order valence-corrected chi connectivity index (χ0v) is 18.6. The lowest BCUT2D eigenvalue weighted by Crippen LogP contribution is -2.45. The molecule has 3 aromatic rings. The van der Waals surface area contributed by atoms with Crippen molar-refractivity contribution >= 4 is 27.3 Å². The molecular weight excluding hydrogens is 408 g/mol. The van der Waals surface area contributed by atoms with Crippen molar-refractivity contribution in [1.82, 2.24) is 0 Å². The number of aryl methyl sites for hydroxylation is 3. The van der Waals surface area contributed by atoms with Crippen molar-refractivity contribution in [3.63, 3.8) is 0 Å². The molecule has 0 fully saturated rings. The summed E-state index contributed by atoms with van der Waals surface area (Å²) in [5.41, 5.74) is 4.38. The first-order valence-corrected chi connectivity index (χ1v) is 11.8. The Hall–Kier alpha value is -3.12. The minimum absolute atomic E-state index is 0.168. The molecule has 4 rings (SSSR count). The van der Waals surface area contributed by atoms with Gasteiger partial charge in [0, 0.05) is 12.2 Å². The Morgan fingerprint density at radius 1 is 0.935 bits per heavy atom. The Balaban J connectivity index is 1.75. The lowest BCUT2D eigenvalue weighted by atomic mass is 10.0. The highest BCUT2D eigenvalue weighted by Crippen LogP contribution is 2.29. The minimum atomic E-state index is -3.91. The number of fused-ring (bicyclic) bond motifs is 1. The van der Waals surface area contributed by atoms with E-state index in [2.05, 4.69) is 0 Å². The average molecular weight is 435 g/mol. The highest BCUT2D eigenvalue weighted by atomic mass is 32.2. The maximum absolute atomic E-state index is 13.6. The maximum Gasteiger partial charge on any atom is 0.264 e. The molecule has 160 valence electrons. The van der Waals surface area contributed by atoms with E-state index in [1.165, 1.54) is 4.31 Å². The van der Waals surface area contributed by atoms with Gasteiger partial charge in [-0.15, -0.1) is 0 Å². The molecule has 0 spiro atoms. The molecule has 0 radical (unpaired) electrons. The smallest absolute Gasteiger partial charge is 0.264 e. The van der Waals surface area contributed by atoms with Crippen molar-refractivity contribution in [3.8, 4) is 0 Å². The van der Waals surface area contributed by atoms with Gasteiger partial charge < -0.3 is 4.90 Å². The molecule has 1 aliphatic heterocycles. The molecule has 6 heteroatoms. The molecule has 0 aliphatic carbocycles. The predicted octanol–water partition coefficient (Wildman–Crippen LogP) is 4.48. The van der Waals surface area contributed by atoms with Crippen LogP contribution in [0.25, 0.3) is 0 Å². The lowest BCUT2D eigenvalue weighted by Gasteiger charge is -2.32. The zero-order valence-electron chi connectivity index (χ0n) is 17.8. The minimum Gasteiger partial charge on any atom is -0.311 e. The van der Waals surface area contributed by atoms with Crippen molar-refractivity contribution in [1.29, 1.82) is 0 Å². The number of nitrogens with zero attached hydrogens (tertiary/aromatic N) is 2. The molecule has 0 saturated heterocycles. The third-order valence-corrected chi connectivity index (χ3v) is 7.30. The van der Waals surface area contributed by atoms with Crippen LogP contribution in [-0.4, -0.2) is 27.4 Å². The van der Waals surface area contributed by atoms with Crippen molar-refractivity contribution in [2.24, 2.45) is 0 Å². The van der Waals surface area contributed by atoms with Crippen molar-refractivity contribution < 1.29 is 13.2 Å². The van der Waals surface area contributed by atoms with E-state index in [4.69, 9.17) is 0 Å². The van der Waals surface area contributed by atoms with E-state index < -0.39 is 10.0 Å². The van der Waals surface area contributed by atoms with Crippen LogP contribution in [0.1, 0.15) is 23.1 Å². The van der Waals surface area contributed by atoms with Crippen LogP contribution < -0.4 is 9.21 Å². The van der Waals surface area contributed by atoms with Crippen LogP contribution in [0, 0.1) is 13.8 Å². The first kappa shape index (κ1) is 21.1. The van der Waals surface area contributed by atoms with Crippen LogP contribution in [0.2, 0.25) is 0 Å². The number of rotatable bonds is 5. The summed E-state index contributed by atoms with van der Waals surface area (Å²) in [7, 11) is -3.91. The van der Waals surface area contributed by atoms with E-state index >= 15 is 0 Å².